The molecule has 0 aliphatic carbocycles. The van der Waals surface area contributed by atoms with Crippen molar-refractivity contribution >= 4 is 5.91 Å². The molecule has 0 aromatic heterocycles. The molecule has 1 amide bonds. The number of nitrogens with one attached hydrogen (secondary N) is 1. The summed E-state index contributed by atoms with van der Waals surface area (Å²) in [5.74, 6) is -0.248. The van der Waals surface area contributed by atoms with Gasteiger partial charge in [0, 0.05) is 6.42 Å². The van der Waals surface area contributed by atoms with Crippen molar-refractivity contribution in [1.29, 1.82) is 0 Å². The second kappa shape index (κ2) is 39.2. The van der Waals surface area contributed by atoms with Gasteiger partial charge < -0.3 is 65.1 Å². The Kier molecular flexibility index (Phi) is 36.0. The minimum absolute atomic E-state index is 0.248. The molecule has 14 nitrogen and oxygen atoms in total. The first-order valence-corrected chi connectivity index (χ1v) is 26.6. The molecule has 66 heavy (non-hydrogen) atoms. The average Bonchev–Trinajstić information content (AvgIpc) is 3.31. The highest BCUT2D eigenvalue weighted by Gasteiger charge is 2.51. The minimum Gasteiger partial charge on any atom is -0.394 e. The van der Waals surface area contributed by atoms with Crippen LogP contribution in [0.2, 0.25) is 0 Å². The summed E-state index contributed by atoms with van der Waals surface area (Å²) in [5, 5.41) is 86.8. The van der Waals surface area contributed by atoms with Crippen LogP contribution in [0.1, 0.15) is 206 Å². The van der Waals surface area contributed by atoms with Gasteiger partial charge in [-0.1, -0.05) is 192 Å². The Balaban J connectivity index is 1.85. The maximum absolute atomic E-state index is 13.2. The van der Waals surface area contributed by atoms with Crippen LogP contribution < -0.4 is 5.32 Å². The molecule has 388 valence electrons. The van der Waals surface area contributed by atoms with Crippen LogP contribution in [0, 0.1) is 0 Å². The van der Waals surface area contributed by atoms with Crippen LogP contribution in [0.4, 0.5) is 0 Å². The zero-order valence-corrected chi connectivity index (χ0v) is 41.2. The number of aliphatic hydroxyl groups is 8. The normalized spacial score (nSPS) is 26.9. The van der Waals surface area contributed by atoms with E-state index in [0.717, 1.165) is 32.1 Å². The number of allylic oxidation sites excluding steroid dienone is 3. The molecule has 2 heterocycles. The second-order valence-corrected chi connectivity index (χ2v) is 19.0. The number of hydrogen-bond acceptors (Lipinski definition) is 13. The van der Waals surface area contributed by atoms with Crippen molar-refractivity contribution in [3.05, 3.63) is 24.3 Å². The van der Waals surface area contributed by atoms with Gasteiger partial charge in [-0.05, 0) is 32.1 Å². The Morgan fingerprint density at radius 3 is 1.48 bits per heavy atom. The molecular weight excluding hydrogens is 847 g/mol. The highest BCUT2D eigenvalue weighted by atomic mass is 16.7. The van der Waals surface area contributed by atoms with Crippen molar-refractivity contribution < 1.29 is 64.6 Å². The third kappa shape index (κ3) is 25.9. The number of aliphatic hydroxyl groups excluding tert-OH is 8. The van der Waals surface area contributed by atoms with E-state index in [1.807, 2.05) is 6.08 Å². The smallest absolute Gasteiger partial charge is 0.220 e. The fourth-order valence-corrected chi connectivity index (χ4v) is 8.78. The van der Waals surface area contributed by atoms with Gasteiger partial charge in [-0.15, -0.1) is 0 Å². The van der Waals surface area contributed by atoms with E-state index in [9.17, 15) is 45.6 Å². The number of ether oxygens (including phenoxy) is 4. The molecule has 0 spiro atoms. The quantitative estimate of drug-likeness (QED) is 0.0216. The van der Waals surface area contributed by atoms with Crippen LogP contribution >= 0.6 is 0 Å². The Morgan fingerprint density at radius 1 is 0.530 bits per heavy atom. The fraction of sp³-hybridized carbons (Fsp3) is 0.904. The Labute approximate surface area is 398 Å². The van der Waals surface area contributed by atoms with Crippen molar-refractivity contribution in [3.63, 3.8) is 0 Å². The highest BCUT2D eigenvalue weighted by Crippen LogP contribution is 2.30. The largest absolute Gasteiger partial charge is 0.394 e. The maximum Gasteiger partial charge on any atom is 0.220 e. The fourth-order valence-electron chi connectivity index (χ4n) is 8.78. The molecule has 12 atom stereocenters. The summed E-state index contributed by atoms with van der Waals surface area (Å²) in [6, 6.07) is -0.926. The standard InChI is InChI=1S/C52H97NO13/c1-3-5-7-9-11-13-15-17-19-21-23-25-27-29-31-33-35-41(56)40(53-44(57)36-34-32-30-28-26-24-22-20-18-16-14-12-10-8-6-4-2)39-63-51-49(62)47(60)50(43(38-55)65-51)66-52-48(61)46(59)45(58)42(37-54)64-52/h25,27,33,35,40-43,45-52,54-56,58-62H,3-24,26,28-32,34,36-39H2,1-2H3,(H,53,57)/b27-25+,35-33+. The van der Waals surface area contributed by atoms with Crippen LogP contribution in [0.25, 0.3) is 0 Å². The third-order valence-electron chi connectivity index (χ3n) is 13.1. The average molecular weight is 944 g/mol. The van der Waals surface area contributed by atoms with Crippen LogP contribution in [0.15, 0.2) is 24.3 Å². The summed E-state index contributed by atoms with van der Waals surface area (Å²) in [7, 11) is 0. The minimum atomic E-state index is -1.79. The van der Waals surface area contributed by atoms with Crippen molar-refractivity contribution in [3.8, 4) is 0 Å². The summed E-state index contributed by atoms with van der Waals surface area (Å²) in [6.07, 6.45) is 26.4. The predicted molar refractivity (Wildman–Crippen MR) is 258 cm³/mol. The van der Waals surface area contributed by atoms with Crippen molar-refractivity contribution in [1.82, 2.24) is 5.32 Å². The van der Waals surface area contributed by atoms with Crippen LogP contribution in [0.5, 0.6) is 0 Å². The van der Waals surface area contributed by atoms with Crippen molar-refractivity contribution in [2.24, 2.45) is 0 Å². The maximum atomic E-state index is 13.2. The number of unbranched alkanes of at least 4 members (excludes halogenated alkanes) is 26. The summed E-state index contributed by atoms with van der Waals surface area (Å²) >= 11 is 0. The lowest BCUT2D eigenvalue weighted by atomic mass is 9.97. The van der Waals surface area contributed by atoms with E-state index in [-0.39, 0.29) is 18.9 Å². The van der Waals surface area contributed by atoms with E-state index in [4.69, 9.17) is 18.9 Å². The summed E-state index contributed by atoms with van der Waals surface area (Å²) in [6.45, 7) is 2.78. The van der Waals surface area contributed by atoms with E-state index in [0.29, 0.717) is 12.8 Å². The molecule has 12 unspecified atom stereocenters. The molecule has 0 aromatic rings. The summed E-state index contributed by atoms with van der Waals surface area (Å²) in [4.78, 5) is 13.2. The number of amides is 1. The molecule has 2 rings (SSSR count). The van der Waals surface area contributed by atoms with E-state index in [1.54, 1.807) is 6.08 Å². The molecular formula is C52H97NO13. The second-order valence-electron chi connectivity index (χ2n) is 19.0. The molecule has 14 heteroatoms. The van der Waals surface area contributed by atoms with Crippen LogP contribution in [-0.4, -0.2) is 140 Å². The van der Waals surface area contributed by atoms with Crippen LogP contribution in [0.3, 0.4) is 0 Å². The van der Waals surface area contributed by atoms with Gasteiger partial charge in [0.05, 0.1) is 32.0 Å². The van der Waals surface area contributed by atoms with E-state index in [1.165, 1.54) is 141 Å². The zero-order chi connectivity index (χ0) is 48.2. The van der Waals surface area contributed by atoms with Crippen LogP contribution in [-0.2, 0) is 23.7 Å². The third-order valence-corrected chi connectivity index (χ3v) is 13.1. The topological polar surface area (TPSA) is 228 Å². The first kappa shape index (κ1) is 60.6. The van der Waals surface area contributed by atoms with E-state index < -0.39 is 86.8 Å². The molecule has 2 aliphatic heterocycles. The molecule has 0 radical (unpaired) electrons. The summed E-state index contributed by atoms with van der Waals surface area (Å²) < 4.78 is 22.7. The Hall–Kier alpha value is -1.53. The van der Waals surface area contributed by atoms with Gasteiger partial charge in [0.15, 0.2) is 12.6 Å². The van der Waals surface area contributed by atoms with Gasteiger partial charge in [-0.3, -0.25) is 4.79 Å². The molecule has 0 aromatic carbocycles. The van der Waals surface area contributed by atoms with Gasteiger partial charge in [-0.2, -0.15) is 0 Å². The number of rotatable bonds is 41. The monoisotopic (exact) mass is 944 g/mol. The highest BCUT2D eigenvalue weighted by molar-refractivity contribution is 5.76. The summed E-state index contributed by atoms with van der Waals surface area (Å²) in [5.41, 5.74) is 0. The van der Waals surface area contributed by atoms with E-state index in [2.05, 4.69) is 31.3 Å². The van der Waals surface area contributed by atoms with Crippen molar-refractivity contribution in [2.75, 3.05) is 19.8 Å². The number of hydrogen-bond donors (Lipinski definition) is 9. The lowest BCUT2D eigenvalue weighted by Gasteiger charge is -2.46. The number of carbonyl (C=O) groups excluding carboxylic acids is 1. The first-order chi connectivity index (χ1) is 32.1. The molecule has 9 N–H and O–H groups in total. The zero-order valence-electron chi connectivity index (χ0n) is 41.2. The molecule has 0 saturated carbocycles. The van der Waals surface area contributed by atoms with Crippen molar-refractivity contribution in [2.45, 2.75) is 280 Å². The molecule has 2 aliphatic rings. The Morgan fingerprint density at radius 2 is 0.970 bits per heavy atom. The Bertz CT molecular complexity index is 1210. The lowest BCUT2D eigenvalue weighted by molar-refractivity contribution is -0.359. The van der Waals surface area contributed by atoms with Gasteiger partial charge in [0.1, 0.15) is 48.8 Å². The first-order valence-electron chi connectivity index (χ1n) is 26.6. The molecule has 2 fully saturated rings. The van der Waals surface area contributed by atoms with Gasteiger partial charge in [0.2, 0.25) is 5.91 Å². The number of carbonyl (C=O) groups is 1. The van der Waals surface area contributed by atoms with Gasteiger partial charge >= 0.3 is 0 Å². The lowest BCUT2D eigenvalue weighted by Crippen LogP contribution is -2.65. The molecule has 2 saturated heterocycles. The SMILES string of the molecule is CCCCCCCCCCCC/C=C/CC/C=C/C(O)C(COC1OC(CO)C(OC2OC(CO)C(O)C(O)C2O)C(O)C1O)NC(=O)CCCCCCCCCCCCCCCCCC. The molecule has 0 bridgehead atoms. The van der Waals surface area contributed by atoms with Gasteiger partial charge in [-0.25, -0.2) is 0 Å². The van der Waals surface area contributed by atoms with E-state index >= 15 is 0 Å². The van der Waals surface area contributed by atoms with Gasteiger partial charge in [0.25, 0.3) is 0 Å². The predicted octanol–water partition coefficient (Wildman–Crippen LogP) is 7.33.